The van der Waals surface area contributed by atoms with Crippen molar-refractivity contribution in [1.82, 2.24) is 34.4 Å². The van der Waals surface area contributed by atoms with Gasteiger partial charge in [0.15, 0.2) is 29.8 Å². The van der Waals surface area contributed by atoms with Gasteiger partial charge in [-0.2, -0.15) is 0 Å². The van der Waals surface area contributed by atoms with E-state index in [2.05, 4.69) is 32.2 Å². The van der Waals surface area contributed by atoms with Crippen molar-refractivity contribution in [3.8, 4) is 17.5 Å². The molecule has 0 bridgehead atoms. The molecule has 6 rings (SSSR count). The molecule has 0 radical (unpaired) electrons. The monoisotopic (exact) mass is 532 g/mol. The van der Waals surface area contributed by atoms with E-state index < -0.39 is 0 Å². The Bertz CT molecular complexity index is 1920. The minimum Gasteiger partial charge on any atom is -0.450 e. The molecule has 0 spiro atoms. The first-order valence-electron chi connectivity index (χ1n) is 12.2. The van der Waals surface area contributed by atoms with Gasteiger partial charge in [-0.25, -0.2) is 19.5 Å². The smallest absolute Gasteiger partial charge is 0.267 e. The molecule has 0 amide bonds. The van der Waals surface area contributed by atoms with Gasteiger partial charge in [0.05, 0.1) is 22.6 Å². The van der Waals surface area contributed by atoms with Crippen LogP contribution < -0.4 is 16.6 Å². The minimum atomic E-state index is -0.154. The lowest BCUT2D eigenvalue weighted by atomic mass is 10.1. The van der Waals surface area contributed by atoms with Gasteiger partial charge < -0.3 is 15.5 Å². The molecule has 2 aromatic carbocycles. The number of nitrogens with two attached hydrogens (primary N) is 1. The molecule has 0 aliphatic heterocycles. The fourth-order valence-electron chi connectivity index (χ4n) is 4.04. The van der Waals surface area contributed by atoms with E-state index in [0.29, 0.717) is 45.5 Å². The van der Waals surface area contributed by atoms with E-state index in [0.717, 1.165) is 5.69 Å². The fraction of sp³-hybridized carbons (Fsp3) is 0.103. The number of anilines is 1. The Morgan fingerprint density at radius 2 is 1.90 bits per heavy atom. The topological polar surface area (TPSA) is 146 Å². The van der Waals surface area contributed by atoms with Crippen molar-refractivity contribution in [2.24, 2.45) is 0 Å². The van der Waals surface area contributed by atoms with Gasteiger partial charge in [0, 0.05) is 18.0 Å². The molecule has 0 fully saturated rings. The molecule has 1 unspecified atom stereocenters. The van der Waals surface area contributed by atoms with Crippen LogP contribution in [0.3, 0.4) is 0 Å². The number of hydrogen-bond donors (Lipinski definition) is 2. The van der Waals surface area contributed by atoms with Crippen molar-refractivity contribution in [2.75, 3.05) is 12.8 Å². The van der Waals surface area contributed by atoms with Crippen molar-refractivity contribution in [3.05, 3.63) is 113 Å². The first kappa shape index (κ1) is 26.0. The molecule has 0 saturated heterocycles. The normalized spacial score (nSPS) is 11.3. The molecule has 11 heteroatoms. The lowest BCUT2D eigenvalue weighted by Gasteiger charge is -2.18. The number of nitrogens with zero attached hydrogens (tertiary/aromatic N) is 6. The molecule has 40 heavy (non-hydrogen) atoms. The molecule has 198 valence electrons. The van der Waals surface area contributed by atoms with Crippen LogP contribution in [0.1, 0.15) is 40.4 Å². The van der Waals surface area contributed by atoms with Crippen LogP contribution in [0.5, 0.6) is 0 Å². The highest BCUT2D eigenvalue weighted by Gasteiger charge is 2.18. The Labute approximate surface area is 228 Å². The number of oxazole rings is 1. The number of nitrogens with one attached hydrogen (secondary N) is 1. The average Bonchev–Trinajstić information content (AvgIpc) is 3.63. The molecule has 11 nitrogen and oxygen atoms in total. The predicted octanol–water partition coefficient (Wildman–Crippen LogP) is 3.18. The Morgan fingerprint density at radius 3 is 2.62 bits per heavy atom. The van der Waals surface area contributed by atoms with Crippen LogP contribution in [-0.4, -0.2) is 42.5 Å². The largest absolute Gasteiger partial charge is 0.450 e. The van der Waals surface area contributed by atoms with E-state index in [4.69, 9.17) is 15.1 Å². The zero-order valence-corrected chi connectivity index (χ0v) is 21.6. The van der Waals surface area contributed by atoms with Gasteiger partial charge in [-0.1, -0.05) is 30.2 Å². The van der Waals surface area contributed by atoms with Crippen LogP contribution >= 0.6 is 0 Å². The third-order valence-corrected chi connectivity index (χ3v) is 6.09. The number of aromatic nitrogens is 6. The van der Waals surface area contributed by atoms with Crippen LogP contribution in [-0.2, 0) is 0 Å². The molecule has 0 aliphatic carbocycles. The summed E-state index contributed by atoms with van der Waals surface area (Å²) in [4.78, 5) is 36.8. The first-order valence-corrected chi connectivity index (χ1v) is 12.2. The highest BCUT2D eigenvalue weighted by atomic mass is 16.3. The summed E-state index contributed by atoms with van der Waals surface area (Å²) in [7, 11) is 1.84. The highest BCUT2D eigenvalue weighted by molar-refractivity contribution is 5.90. The van der Waals surface area contributed by atoms with Gasteiger partial charge in [-0.3, -0.25) is 14.2 Å². The SMILES string of the molecule is CNC(C)c1nc2cccc(C#Cc3cocn3)c2c(=O)n1-c1ccccc1.Nc1nn2cccnc2c1C=O. The van der Waals surface area contributed by atoms with Crippen LogP contribution in [0.4, 0.5) is 5.82 Å². The summed E-state index contributed by atoms with van der Waals surface area (Å²) in [5.74, 6) is 6.81. The summed E-state index contributed by atoms with van der Waals surface area (Å²) in [5.41, 5.74) is 8.63. The second-order valence-electron chi connectivity index (χ2n) is 8.58. The number of rotatable bonds is 4. The van der Waals surface area contributed by atoms with Gasteiger partial charge in [0.2, 0.25) is 0 Å². The number of fused-ring (bicyclic) bond motifs is 2. The summed E-state index contributed by atoms with van der Waals surface area (Å²) >= 11 is 0. The maximum Gasteiger partial charge on any atom is 0.267 e. The van der Waals surface area contributed by atoms with Crippen LogP contribution in [0.15, 0.2) is 88.9 Å². The highest BCUT2D eigenvalue weighted by Crippen LogP contribution is 2.20. The summed E-state index contributed by atoms with van der Waals surface area (Å²) in [6.45, 7) is 1.97. The van der Waals surface area contributed by atoms with E-state index in [1.54, 1.807) is 23.0 Å². The Morgan fingerprint density at radius 1 is 1.07 bits per heavy atom. The summed E-state index contributed by atoms with van der Waals surface area (Å²) in [6, 6.07) is 16.6. The van der Waals surface area contributed by atoms with Crippen molar-refractivity contribution >= 4 is 28.7 Å². The van der Waals surface area contributed by atoms with Gasteiger partial charge in [0.1, 0.15) is 17.7 Å². The Balaban J connectivity index is 0.000000223. The van der Waals surface area contributed by atoms with Crippen molar-refractivity contribution < 1.29 is 9.21 Å². The Hall–Kier alpha value is -5.60. The van der Waals surface area contributed by atoms with Gasteiger partial charge in [-0.15, -0.1) is 5.10 Å². The van der Waals surface area contributed by atoms with Crippen LogP contribution in [0.25, 0.3) is 22.2 Å². The van der Waals surface area contributed by atoms with Crippen LogP contribution in [0, 0.1) is 11.8 Å². The second-order valence-corrected chi connectivity index (χ2v) is 8.58. The average molecular weight is 533 g/mol. The van der Waals surface area contributed by atoms with Gasteiger partial charge >= 0.3 is 0 Å². The summed E-state index contributed by atoms with van der Waals surface area (Å²) in [6.07, 6.45) is 6.72. The van der Waals surface area contributed by atoms with Crippen molar-refractivity contribution in [2.45, 2.75) is 13.0 Å². The number of para-hydroxylation sites is 1. The first-order chi connectivity index (χ1) is 19.5. The van der Waals surface area contributed by atoms with E-state index in [1.165, 1.54) is 17.2 Å². The third-order valence-electron chi connectivity index (χ3n) is 6.09. The lowest BCUT2D eigenvalue weighted by molar-refractivity contribution is 0.112. The second kappa shape index (κ2) is 11.4. The molecule has 1 atom stereocenters. The maximum atomic E-state index is 13.5. The summed E-state index contributed by atoms with van der Waals surface area (Å²) in [5, 5.41) is 7.54. The molecule has 0 aliphatic rings. The van der Waals surface area contributed by atoms with E-state index in [1.807, 2.05) is 62.5 Å². The quantitative estimate of drug-likeness (QED) is 0.258. The molecule has 3 N–H and O–H groups in total. The van der Waals surface area contributed by atoms with Gasteiger partial charge in [-0.05, 0) is 50.2 Å². The van der Waals surface area contributed by atoms with E-state index >= 15 is 0 Å². The van der Waals surface area contributed by atoms with E-state index in [9.17, 15) is 9.59 Å². The zero-order valence-electron chi connectivity index (χ0n) is 21.6. The number of carbonyl (C=O) groups is 1. The summed E-state index contributed by atoms with van der Waals surface area (Å²) < 4.78 is 8.06. The maximum absolute atomic E-state index is 13.5. The minimum absolute atomic E-state index is 0.109. The zero-order chi connectivity index (χ0) is 28.1. The number of carbonyl (C=O) groups excluding carboxylic acids is 1. The number of benzene rings is 2. The number of hydrogen-bond acceptors (Lipinski definition) is 9. The molecular formula is C29H24N8O3. The lowest BCUT2D eigenvalue weighted by Crippen LogP contribution is -2.29. The van der Waals surface area contributed by atoms with Gasteiger partial charge in [0.25, 0.3) is 5.56 Å². The molecular weight excluding hydrogens is 508 g/mol. The predicted molar refractivity (Wildman–Crippen MR) is 150 cm³/mol. The Kier molecular flexibility index (Phi) is 7.43. The third kappa shape index (κ3) is 5.07. The fourth-order valence-corrected chi connectivity index (χ4v) is 4.04. The molecule has 0 saturated carbocycles. The molecule has 4 heterocycles. The molecule has 4 aromatic heterocycles. The number of nitrogen functional groups attached to an aromatic ring is 1. The number of aldehydes is 1. The standard InChI is InChI=1S/C22H18N4O2.C7H6N4O/c1-15(23-2)21-25-19-10-6-7-16(11-12-17-13-28-14-24-17)20(19)22(27)26(21)18-8-4-3-5-9-18;8-6-5(4-12)7-9-2-1-3-11(7)10-6/h3-10,13-15,23H,1-2H3;1-4H,(H2,8,10). The molecule has 6 aromatic rings. The van der Waals surface area contributed by atoms with Crippen molar-refractivity contribution in [1.29, 1.82) is 0 Å². The van der Waals surface area contributed by atoms with Crippen molar-refractivity contribution in [3.63, 3.8) is 0 Å². The van der Waals surface area contributed by atoms with Crippen LogP contribution in [0.2, 0.25) is 0 Å². The van der Waals surface area contributed by atoms with E-state index in [-0.39, 0.29) is 17.4 Å².